The molecule has 0 saturated heterocycles. The Morgan fingerprint density at radius 2 is 2.00 bits per heavy atom. The van der Waals surface area contributed by atoms with Crippen LogP contribution in [-0.2, 0) is 23.1 Å². The maximum atomic E-state index is 11.9. The molecule has 0 aliphatic heterocycles. The van der Waals surface area contributed by atoms with Gasteiger partial charge < -0.3 is 5.11 Å². The molecule has 16 heavy (non-hydrogen) atoms. The van der Waals surface area contributed by atoms with E-state index in [9.17, 15) is 8.42 Å². The molecule has 0 radical (unpaired) electrons. The molecule has 0 unspecified atom stereocenters. The van der Waals surface area contributed by atoms with Gasteiger partial charge in [-0.1, -0.05) is 26.0 Å². The maximum Gasteiger partial charge on any atom is 0.240 e. The van der Waals surface area contributed by atoms with Crippen molar-refractivity contribution in [2.24, 2.45) is 0 Å². The van der Waals surface area contributed by atoms with E-state index in [1.54, 1.807) is 19.1 Å². The summed E-state index contributed by atoms with van der Waals surface area (Å²) in [6, 6.07) is 5.01. The molecule has 0 aromatic heterocycles. The van der Waals surface area contributed by atoms with Crippen molar-refractivity contribution in [3.05, 3.63) is 29.3 Å². The van der Waals surface area contributed by atoms with E-state index in [1.165, 1.54) is 6.07 Å². The van der Waals surface area contributed by atoms with Crippen molar-refractivity contribution in [1.29, 1.82) is 0 Å². The topological polar surface area (TPSA) is 66.4 Å². The molecule has 0 saturated carbocycles. The van der Waals surface area contributed by atoms with Gasteiger partial charge in [-0.05, 0) is 23.6 Å². The summed E-state index contributed by atoms with van der Waals surface area (Å²) in [5.74, 6) is 0. The summed E-state index contributed by atoms with van der Waals surface area (Å²) in [6.45, 7) is 3.84. The molecule has 1 aromatic carbocycles. The predicted molar refractivity (Wildman–Crippen MR) is 62.6 cm³/mol. The van der Waals surface area contributed by atoms with Gasteiger partial charge in [0.15, 0.2) is 0 Å². The van der Waals surface area contributed by atoms with E-state index in [2.05, 4.69) is 4.72 Å². The predicted octanol–water partition coefficient (Wildman–Crippen LogP) is 1.04. The first-order valence-corrected chi connectivity index (χ1v) is 6.75. The lowest BCUT2D eigenvalue weighted by molar-refractivity contribution is 0.281. The number of hydrogen-bond acceptors (Lipinski definition) is 3. The third kappa shape index (κ3) is 2.81. The number of nitrogens with one attached hydrogen (secondary N) is 1. The average Bonchev–Trinajstić information content (AvgIpc) is 2.28. The Kier molecular flexibility index (Phi) is 4.46. The van der Waals surface area contributed by atoms with Crippen LogP contribution in [0.2, 0.25) is 0 Å². The average molecular weight is 243 g/mol. The Morgan fingerprint density at radius 1 is 1.31 bits per heavy atom. The molecule has 0 heterocycles. The second-order valence-electron chi connectivity index (χ2n) is 3.46. The fourth-order valence-electron chi connectivity index (χ4n) is 1.51. The number of sulfonamides is 1. The Morgan fingerprint density at radius 3 is 2.50 bits per heavy atom. The lowest BCUT2D eigenvalue weighted by atomic mass is 10.1. The summed E-state index contributed by atoms with van der Waals surface area (Å²) in [7, 11) is -3.45. The highest BCUT2D eigenvalue weighted by Gasteiger charge is 2.16. The number of aliphatic hydroxyl groups is 1. The second-order valence-corrected chi connectivity index (χ2v) is 5.19. The van der Waals surface area contributed by atoms with Gasteiger partial charge in [-0.25, -0.2) is 13.1 Å². The van der Waals surface area contributed by atoms with Gasteiger partial charge in [0.2, 0.25) is 10.0 Å². The van der Waals surface area contributed by atoms with E-state index in [4.69, 9.17) is 5.11 Å². The van der Waals surface area contributed by atoms with Crippen LogP contribution in [0.4, 0.5) is 0 Å². The van der Waals surface area contributed by atoms with Crippen LogP contribution in [0.1, 0.15) is 25.0 Å². The molecule has 1 rings (SSSR count). The highest BCUT2D eigenvalue weighted by Crippen LogP contribution is 2.18. The first kappa shape index (κ1) is 13.2. The highest BCUT2D eigenvalue weighted by molar-refractivity contribution is 7.89. The SMILES string of the molecule is CCNS(=O)(=O)c1cc(CO)ccc1CC. The first-order chi connectivity index (χ1) is 7.55. The van der Waals surface area contributed by atoms with Gasteiger partial charge in [0.05, 0.1) is 11.5 Å². The molecule has 0 aliphatic rings. The van der Waals surface area contributed by atoms with Crippen molar-refractivity contribution in [2.45, 2.75) is 31.8 Å². The van der Waals surface area contributed by atoms with E-state index >= 15 is 0 Å². The summed E-state index contributed by atoms with van der Waals surface area (Å²) in [5, 5.41) is 9.01. The lowest BCUT2D eigenvalue weighted by Crippen LogP contribution is -2.24. The van der Waals surface area contributed by atoms with Crippen LogP contribution in [0.3, 0.4) is 0 Å². The minimum absolute atomic E-state index is 0.154. The molecule has 0 bridgehead atoms. The highest BCUT2D eigenvalue weighted by atomic mass is 32.2. The summed E-state index contributed by atoms with van der Waals surface area (Å²) in [4.78, 5) is 0.267. The monoisotopic (exact) mass is 243 g/mol. The number of aliphatic hydroxyl groups excluding tert-OH is 1. The van der Waals surface area contributed by atoms with Crippen LogP contribution < -0.4 is 4.72 Å². The minimum atomic E-state index is -3.45. The molecule has 0 spiro atoms. The van der Waals surface area contributed by atoms with Gasteiger partial charge in [0.25, 0.3) is 0 Å². The van der Waals surface area contributed by atoms with Gasteiger partial charge in [0, 0.05) is 6.54 Å². The quantitative estimate of drug-likeness (QED) is 0.812. The van der Waals surface area contributed by atoms with E-state index in [0.717, 1.165) is 5.56 Å². The van der Waals surface area contributed by atoms with Gasteiger partial charge in [-0.2, -0.15) is 0 Å². The zero-order chi connectivity index (χ0) is 12.2. The fourth-order valence-corrected chi connectivity index (χ4v) is 2.91. The third-order valence-corrected chi connectivity index (χ3v) is 3.95. The van der Waals surface area contributed by atoms with Crippen LogP contribution in [0, 0.1) is 0 Å². The van der Waals surface area contributed by atoms with Crippen LogP contribution in [-0.4, -0.2) is 20.1 Å². The summed E-state index contributed by atoms with van der Waals surface area (Å²) in [5.41, 5.74) is 1.37. The van der Waals surface area contributed by atoms with Crippen molar-refractivity contribution >= 4 is 10.0 Å². The molecule has 4 nitrogen and oxygen atoms in total. The van der Waals surface area contributed by atoms with Crippen molar-refractivity contribution in [2.75, 3.05) is 6.54 Å². The summed E-state index contributed by atoms with van der Waals surface area (Å²) >= 11 is 0. The van der Waals surface area contributed by atoms with Gasteiger partial charge >= 0.3 is 0 Å². The van der Waals surface area contributed by atoms with Crippen LogP contribution in [0.5, 0.6) is 0 Å². The minimum Gasteiger partial charge on any atom is -0.392 e. The lowest BCUT2D eigenvalue weighted by Gasteiger charge is -2.10. The Labute approximate surface area is 96.4 Å². The Balaban J connectivity index is 3.29. The van der Waals surface area contributed by atoms with Crippen LogP contribution in [0.15, 0.2) is 23.1 Å². The van der Waals surface area contributed by atoms with E-state index in [-0.39, 0.29) is 11.5 Å². The Bertz CT molecular complexity index is 454. The number of hydrogen-bond donors (Lipinski definition) is 2. The van der Waals surface area contributed by atoms with Crippen molar-refractivity contribution < 1.29 is 13.5 Å². The molecule has 5 heteroatoms. The number of rotatable bonds is 5. The van der Waals surface area contributed by atoms with E-state index in [0.29, 0.717) is 18.5 Å². The molecule has 2 N–H and O–H groups in total. The zero-order valence-corrected chi connectivity index (χ0v) is 10.3. The van der Waals surface area contributed by atoms with Gasteiger partial charge in [0.1, 0.15) is 0 Å². The molecule has 0 aliphatic carbocycles. The normalized spacial score (nSPS) is 11.7. The molecule has 0 fully saturated rings. The van der Waals surface area contributed by atoms with Gasteiger partial charge in [-0.15, -0.1) is 0 Å². The summed E-state index contributed by atoms with van der Waals surface area (Å²) in [6.07, 6.45) is 0.645. The van der Waals surface area contributed by atoms with Crippen molar-refractivity contribution in [3.63, 3.8) is 0 Å². The van der Waals surface area contributed by atoms with E-state index < -0.39 is 10.0 Å². The number of benzene rings is 1. The maximum absolute atomic E-state index is 11.9. The molecule has 0 atom stereocenters. The van der Waals surface area contributed by atoms with E-state index in [1.807, 2.05) is 6.92 Å². The molecular weight excluding hydrogens is 226 g/mol. The van der Waals surface area contributed by atoms with Gasteiger partial charge in [-0.3, -0.25) is 0 Å². The first-order valence-electron chi connectivity index (χ1n) is 5.27. The molecule has 1 aromatic rings. The standard InChI is InChI=1S/C11H17NO3S/c1-3-10-6-5-9(8-13)7-11(10)16(14,15)12-4-2/h5-7,12-13H,3-4,8H2,1-2H3. The smallest absolute Gasteiger partial charge is 0.240 e. The van der Waals surface area contributed by atoms with Crippen molar-refractivity contribution in [1.82, 2.24) is 4.72 Å². The van der Waals surface area contributed by atoms with Crippen LogP contribution in [0.25, 0.3) is 0 Å². The van der Waals surface area contributed by atoms with Crippen LogP contribution >= 0.6 is 0 Å². The largest absolute Gasteiger partial charge is 0.392 e. The molecule has 0 amide bonds. The molecule has 90 valence electrons. The Hall–Kier alpha value is -0.910. The summed E-state index contributed by atoms with van der Waals surface area (Å²) < 4.78 is 26.2. The fraction of sp³-hybridized carbons (Fsp3) is 0.455. The third-order valence-electron chi connectivity index (χ3n) is 2.32. The zero-order valence-electron chi connectivity index (χ0n) is 9.53. The van der Waals surface area contributed by atoms with Crippen molar-refractivity contribution in [3.8, 4) is 0 Å². The molecular formula is C11H17NO3S. The number of aryl methyl sites for hydroxylation is 1. The second kappa shape index (κ2) is 5.43.